The molecule has 394 valence electrons. The first kappa shape index (κ1) is 47.6. The van der Waals surface area contributed by atoms with Gasteiger partial charge in [-0.15, -0.1) is 11.3 Å². The van der Waals surface area contributed by atoms with Crippen LogP contribution in [0.25, 0.3) is 20.2 Å². The van der Waals surface area contributed by atoms with E-state index in [-0.39, 0.29) is 26.9 Å². The average molecular weight is 1090 g/mol. The smallest absolute Gasteiger partial charge is 0.253 e. The van der Waals surface area contributed by atoms with Crippen LogP contribution in [0.1, 0.15) is 76.0 Å². The van der Waals surface area contributed by atoms with Gasteiger partial charge in [-0.25, -0.2) is 0 Å². The predicted octanol–water partition coefficient (Wildman–Crippen LogP) is 11.6. The Morgan fingerprint density at radius 2 is 0.714 bits per heavy atom. The Kier molecular flexibility index (Phi) is 9.57. The molecule has 0 saturated carbocycles. The molecule has 7 aliphatic heterocycles. The van der Waals surface area contributed by atoms with Crippen molar-refractivity contribution >= 4 is 192 Å². The van der Waals surface area contributed by atoms with Crippen molar-refractivity contribution in [1.29, 1.82) is 0 Å². The van der Waals surface area contributed by atoms with Crippen molar-refractivity contribution < 1.29 is 0 Å². The van der Waals surface area contributed by atoms with E-state index in [0.717, 1.165) is 0 Å². The number of nitrogens with zero attached hydrogens (tertiary/aromatic N) is 4. The molecule has 19 rings (SSSR count). The summed E-state index contributed by atoms with van der Waals surface area (Å²) in [4.78, 5) is 10.8. The number of anilines is 12. The van der Waals surface area contributed by atoms with Gasteiger partial charge in [0, 0.05) is 83.0 Å². The summed E-state index contributed by atoms with van der Waals surface area (Å²) >= 11 is 1.98. The van der Waals surface area contributed by atoms with Crippen LogP contribution in [0.2, 0.25) is 0 Å². The second-order valence-electron chi connectivity index (χ2n) is 25.5. The zero-order valence-electron chi connectivity index (χ0n) is 47.9. The van der Waals surface area contributed by atoms with Gasteiger partial charge in [-0.2, -0.15) is 0 Å². The molecule has 0 aliphatic carbocycles. The number of hydrogen-bond acceptors (Lipinski definition) is 5. The lowest BCUT2D eigenvalue weighted by molar-refractivity contribution is 0.812. The minimum atomic E-state index is -0.0787. The first-order chi connectivity index (χ1) is 41.2. The zero-order valence-corrected chi connectivity index (χ0v) is 48.8. The van der Waals surface area contributed by atoms with E-state index in [0.29, 0.717) is 17.8 Å². The molecule has 12 aromatic rings. The third kappa shape index (κ3) is 5.89. The van der Waals surface area contributed by atoms with Crippen molar-refractivity contribution in [3.8, 4) is 0 Å². The van der Waals surface area contributed by atoms with Crippen molar-refractivity contribution in [2.24, 2.45) is 0 Å². The van der Waals surface area contributed by atoms with E-state index in [1.165, 1.54) is 171 Å². The Balaban J connectivity index is 0.994. The van der Waals surface area contributed by atoms with Crippen LogP contribution < -0.4 is 85.2 Å². The van der Waals surface area contributed by atoms with Crippen LogP contribution in [-0.4, -0.2) is 26.9 Å². The fourth-order valence-electron chi connectivity index (χ4n) is 17.1. The number of thiophene rings is 1. The molecule has 9 heteroatoms. The van der Waals surface area contributed by atoms with Gasteiger partial charge < -0.3 is 19.6 Å². The van der Waals surface area contributed by atoms with Crippen molar-refractivity contribution in [2.45, 2.75) is 59.3 Å². The van der Waals surface area contributed by atoms with Crippen LogP contribution in [0.4, 0.5) is 68.2 Å². The number of rotatable bonds is 5. The summed E-state index contributed by atoms with van der Waals surface area (Å²) in [6.45, 7) is 14.3. The van der Waals surface area contributed by atoms with Crippen LogP contribution in [0.5, 0.6) is 0 Å². The third-order valence-corrected chi connectivity index (χ3v) is 21.6. The Bertz CT molecular complexity index is 4900. The molecule has 84 heavy (non-hydrogen) atoms. The van der Waals surface area contributed by atoms with Crippen molar-refractivity contribution in [2.75, 3.05) is 19.6 Å². The van der Waals surface area contributed by atoms with Crippen molar-refractivity contribution in [3.63, 3.8) is 0 Å². The number of fused-ring (bicyclic) bond motifs is 24. The monoisotopic (exact) mass is 1090 g/mol. The lowest BCUT2D eigenvalue weighted by atomic mass is 9.24. The maximum atomic E-state index is 2.77. The number of benzene rings is 11. The lowest BCUT2D eigenvalue weighted by Gasteiger charge is -2.56. The van der Waals surface area contributed by atoms with Gasteiger partial charge >= 0.3 is 0 Å². The van der Waals surface area contributed by atoms with Crippen molar-refractivity contribution in [1.82, 2.24) is 0 Å². The van der Waals surface area contributed by atoms with Crippen LogP contribution in [0, 0.1) is 0 Å². The number of para-hydroxylation sites is 6. The first-order valence-electron chi connectivity index (χ1n) is 30.5. The summed E-state index contributed by atoms with van der Waals surface area (Å²) in [5, 5.41) is 2.68. The number of hydrogen-bond donors (Lipinski definition) is 0. The molecular formula is C75H56B4N4S. The SMILES string of the molecule is CC(C)c1cc(C(C)C)c(B2c3ccccc3N(c3ccccc3)c3cc4c(cc32)B2c3ccccc3N3c5ccc6c(sc7ccccc76)c5B5c6ccccc6N6c7ccccc7B7c8ccccc8N4c4c7c6c5c3c42)c(C(C)C)c1. The van der Waals surface area contributed by atoms with Crippen molar-refractivity contribution in [3.05, 3.63) is 229 Å². The summed E-state index contributed by atoms with van der Waals surface area (Å²) in [5.41, 5.74) is 36.4. The minimum Gasteiger partial charge on any atom is -0.312 e. The highest BCUT2D eigenvalue weighted by molar-refractivity contribution is 7.28. The van der Waals surface area contributed by atoms with Crippen LogP contribution in [0.15, 0.2) is 212 Å². The second-order valence-corrected chi connectivity index (χ2v) is 26.6. The molecule has 0 fully saturated rings. The van der Waals surface area contributed by atoms with Gasteiger partial charge in [0.15, 0.2) is 0 Å². The first-order valence-corrected chi connectivity index (χ1v) is 31.3. The zero-order chi connectivity index (χ0) is 55.7. The molecule has 0 amide bonds. The van der Waals surface area contributed by atoms with E-state index < -0.39 is 0 Å². The Hall–Kier alpha value is -8.90. The molecule has 0 saturated heterocycles. The maximum Gasteiger partial charge on any atom is 0.253 e. The molecule has 0 bridgehead atoms. The third-order valence-electron chi connectivity index (χ3n) is 20.4. The molecule has 0 N–H and O–H groups in total. The second kappa shape index (κ2) is 16.9. The molecule has 0 radical (unpaired) electrons. The van der Waals surface area contributed by atoms with E-state index in [1.807, 2.05) is 11.3 Å². The molecule has 0 atom stereocenters. The Morgan fingerprint density at radius 3 is 1.25 bits per heavy atom. The fraction of sp³-hybridized carbons (Fsp3) is 0.120. The standard InChI is InChI=1S/C75H56B4N4S/c1-42(2)45-38-49(43(3)4)67(50(39-45)44(5)6)77-51-25-11-16-30-58(51)80(46-22-8-7-9-23-46)64-41-65-57(40-56(64)77)78-54-28-14-18-32-60(54)82-63-37-36-48-47-24-10-21-35-66(47)84-75(48)68(63)79-55-29-15-20-34-62(55)81-59-31-17-12-26-52(59)76-53-27-13-19-33-61(53)83(65)72-69(76)73(81)71(79)74(82)70(72)78/h7-44H,1-6H3. The average Bonchev–Trinajstić information content (AvgIpc) is 0.700. The molecule has 4 nitrogen and oxygen atoms in total. The van der Waals surface area contributed by atoms with Gasteiger partial charge in [0.25, 0.3) is 20.1 Å². The highest BCUT2D eigenvalue weighted by Crippen LogP contribution is 2.53. The molecule has 11 aromatic carbocycles. The van der Waals surface area contributed by atoms with E-state index >= 15 is 0 Å². The highest BCUT2D eigenvalue weighted by atomic mass is 32.1. The summed E-state index contributed by atoms with van der Waals surface area (Å²) in [7, 11) is 0. The van der Waals surface area contributed by atoms with Gasteiger partial charge in [-0.3, -0.25) is 0 Å². The van der Waals surface area contributed by atoms with E-state index in [2.05, 4.69) is 273 Å². The highest BCUT2D eigenvalue weighted by Gasteiger charge is 2.58. The largest absolute Gasteiger partial charge is 0.312 e. The summed E-state index contributed by atoms with van der Waals surface area (Å²) in [6.07, 6.45) is 0. The molecule has 0 spiro atoms. The molecular weight excluding hydrogens is 1030 g/mol. The molecule has 8 heterocycles. The van der Waals surface area contributed by atoms with Crippen LogP contribution in [-0.2, 0) is 0 Å². The van der Waals surface area contributed by atoms with E-state index in [9.17, 15) is 0 Å². The van der Waals surface area contributed by atoms with Gasteiger partial charge in [0.1, 0.15) is 0 Å². The Labute approximate surface area is 497 Å². The summed E-state index contributed by atoms with van der Waals surface area (Å²) < 4.78 is 2.72. The minimum absolute atomic E-state index is 0.00381. The lowest BCUT2D eigenvalue weighted by Crippen LogP contribution is -2.75. The summed E-state index contributed by atoms with van der Waals surface area (Å²) in [6, 6.07) is 82.9. The predicted molar refractivity (Wildman–Crippen MR) is 365 cm³/mol. The fourth-order valence-corrected chi connectivity index (χ4v) is 18.3. The van der Waals surface area contributed by atoms with Gasteiger partial charge in [0.05, 0.1) is 0 Å². The van der Waals surface area contributed by atoms with Gasteiger partial charge in [-0.1, -0.05) is 199 Å². The molecule has 0 unspecified atom stereocenters. The maximum absolute atomic E-state index is 2.77. The van der Waals surface area contributed by atoms with Crippen LogP contribution in [0.3, 0.4) is 0 Å². The van der Waals surface area contributed by atoms with Gasteiger partial charge in [0.2, 0.25) is 6.71 Å². The van der Waals surface area contributed by atoms with E-state index in [1.54, 1.807) is 0 Å². The molecule has 7 aliphatic rings. The normalized spacial score (nSPS) is 14.7. The van der Waals surface area contributed by atoms with Gasteiger partial charge in [-0.05, 0) is 161 Å². The molecule has 1 aromatic heterocycles. The van der Waals surface area contributed by atoms with Crippen LogP contribution >= 0.6 is 11.3 Å². The quantitative estimate of drug-likeness (QED) is 0.159. The van der Waals surface area contributed by atoms with E-state index in [4.69, 9.17) is 0 Å². The topological polar surface area (TPSA) is 13.0 Å². The summed E-state index contributed by atoms with van der Waals surface area (Å²) in [5.74, 6) is 1.04. The Morgan fingerprint density at radius 1 is 0.298 bits per heavy atom.